The summed E-state index contributed by atoms with van der Waals surface area (Å²) in [5.41, 5.74) is 3.55. The smallest absolute Gasteiger partial charge is 0.258 e. The molecule has 2 atom stereocenters. The van der Waals surface area contributed by atoms with Gasteiger partial charge in [-0.3, -0.25) is 0 Å². The maximum absolute atomic E-state index is 6.40. The highest BCUT2D eigenvalue weighted by Crippen LogP contribution is 2.40. The first-order valence-corrected chi connectivity index (χ1v) is 10.7. The zero-order valence-corrected chi connectivity index (χ0v) is 19.0. The fourth-order valence-corrected chi connectivity index (χ4v) is 4.38. The van der Waals surface area contributed by atoms with Crippen LogP contribution < -0.4 is 14.8 Å². The predicted octanol–water partition coefficient (Wildman–Crippen LogP) is 5.58. The van der Waals surface area contributed by atoms with Gasteiger partial charge in [-0.1, -0.05) is 47.5 Å². The average Bonchev–Trinajstić information content (AvgIpc) is 3.11. The highest BCUT2D eigenvalue weighted by Gasteiger charge is 2.34. The molecule has 0 saturated carbocycles. The fourth-order valence-electron chi connectivity index (χ4n) is 3.89. The van der Waals surface area contributed by atoms with Crippen molar-refractivity contribution in [1.29, 1.82) is 0 Å². The topological polar surface area (TPSA) is 65.5 Å². The van der Waals surface area contributed by atoms with E-state index < -0.39 is 0 Å². The molecule has 1 aliphatic rings. The molecule has 1 N–H and O–H groups in total. The third-order valence-electron chi connectivity index (χ3n) is 5.26. The summed E-state index contributed by atoms with van der Waals surface area (Å²) in [6.45, 7) is 2.62. The lowest BCUT2D eigenvalue weighted by molar-refractivity contribution is 0.0573. The number of hydrogen-bond donors (Lipinski definition) is 1. The Hall–Kier alpha value is -2.54. The van der Waals surface area contributed by atoms with Crippen LogP contribution in [0.2, 0.25) is 10.0 Å². The van der Waals surface area contributed by atoms with Gasteiger partial charge in [0.25, 0.3) is 5.88 Å². The van der Waals surface area contributed by atoms with E-state index in [1.54, 1.807) is 32.4 Å². The molecule has 1 aliphatic carbocycles. The minimum absolute atomic E-state index is 0.0229. The van der Waals surface area contributed by atoms with Crippen LogP contribution in [0.1, 0.15) is 24.1 Å². The Balaban J connectivity index is 1.75. The maximum Gasteiger partial charge on any atom is 0.258 e. The van der Waals surface area contributed by atoms with Crippen molar-refractivity contribution in [3.63, 3.8) is 0 Å². The molecule has 6 nitrogen and oxygen atoms in total. The van der Waals surface area contributed by atoms with Gasteiger partial charge in [0, 0.05) is 23.6 Å². The number of fused-ring (bicyclic) bond motifs is 1. The number of nitrogens with one attached hydrogen (secondary N) is 1. The number of aromatic nitrogens is 2. The Labute approximate surface area is 191 Å². The van der Waals surface area contributed by atoms with E-state index in [0.29, 0.717) is 45.5 Å². The molecule has 0 bridgehead atoms. The molecule has 8 heteroatoms. The minimum Gasteiger partial charge on any atom is -0.479 e. The first-order chi connectivity index (χ1) is 15.0. The number of ether oxygens (including phenoxy) is 3. The Kier molecular flexibility index (Phi) is 6.51. The molecule has 0 fully saturated rings. The van der Waals surface area contributed by atoms with Gasteiger partial charge in [-0.2, -0.15) is 4.98 Å². The lowest BCUT2D eigenvalue weighted by Crippen LogP contribution is -2.25. The van der Waals surface area contributed by atoms with Crippen molar-refractivity contribution >= 4 is 29.0 Å². The van der Waals surface area contributed by atoms with Gasteiger partial charge in [-0.25, -0.2) is 4.98 Å². The Morgan fingerprint density at radius 3 is 2.52 bits per heavy atom. The van der Waals surface area contributed by atoms with E-state index >= 15 is 0 Å². The second-order valence-corrected chi connectivity index (χ2v) is 7.93. The molecule has 1 aromatic heterocycles. The Morgan fingerprint density at radius 2 is 1.81 bits per heavy atom. The second kappa shape index (κ2) is 9.30. The van der Waals surface area contributed by atoms with Gasteiger partial charge in [0.2, 0.25) is 5.88 Å². The van der Waals surface area contributed by atoms with E-state index in [1.165, 1.54) is 11.1 Å². The highest BCUT2D eigenvalue weighted by atomic mass is 35.5. The monoisotopic (exact) mass is 459 g/mol. The molecular formula is C23H23Cl2N3O3. The summed E-state index contributed by atoms with van der Waals surface area (Å²) in [4.78, 5) is 9.32. The fraction of sp³-hybridized carbons (Fsp3) is 0.304. The molecule has 31 heavy (non-hydrogen) atoms. The molecule has 0 unspecified atom stereocenters. The van der Waals surface area contributed by atoms with Crippen LogP contribution in [0.15, 0.2) is 42.5 Å². The number of benzene rings is 2. The van der Waals surface area contributed by atoms with E-state index in [1.807, 2.05) is 19.1 Å². The molecular weight excluding hydrogens is 437 g/mol. The Morgan fingerprint density at radius 1 is 1.03 bits per heavy atom. The molecule has 0 aliphatic heterocycles. The third-order valence-corrected chi connectivity index (χ3v) is 5.81. The van der Waals surface area contributed by atoms with Gasteiger partial charge in [0.15, 0.2) is 5.82 Å². The molecule has 3 aromatic rings. The first-order valence-electron chi connectivity index (χ1n) is 9.97. The lowest BCUT2D eigenvalue weighted by atomic mass is 10.1. The summed E-state index contributed by atoms with van der Waals surface area (Å²) in [6, 6.07) is 13.4. The lowest BCUT2D eigenvalue weighted by Gasteiger charge is -2.23. The van der Waals surface area contributed by atoms with Crippen LogP contribution in [0, 0.1) is 0 Å². The van der Waals surface area contributed by atoms with Crippen molar-refractivity contribution in [2.75, 3.05) is 26.1 Å². The van der Waals surface area contributed by atoms with E-state index in [0.717, 1.165) is 6.42 Å². The van der Waals surface area contributed by atoms with Crippen molar-refractivity contribution in [3.05, 3.63) is 63.6 Å². The SMILES string of the molecule is CCO[C@H]1Cc2ccccc2[C@H]1Nc1nc(OC)c(-c2ccc(Cl)cc2Cl)nc1OC. The third kappa shape index (κ3) is 4.28. The number of hydrogen-bond acceptors (Lipinski definition) is 6. The highest BCUT2D eigenvalue weighted by molar-refractivity contribution is 6.36. The van der Waals surface area contributed by atoms with Crippen molar-refractivity contribution in [3.8, 4) is 23.0 Å². The van der Waals surface area contributed by atoms with Gasteiger partial charge in [0.1, 0.15) is 5.69 Å². The first kappa shape index (κ1) is 21.7. The number of rotatable bonds is 7. The summed E-state index contributed by atoms with van der Waals surface area (Å²) in [7, 11) is 3.10. The molecule has 4 rings (SSSR count). The zero-order chi connectivity index (χ0) is 22.0. The number of nitrogens with zero attached hydrogens (tertiary/aromatic N) is 2. The summed E-state index contributed by atoms with van der Waals surface area (Å²) >= 11 is 12.4. The molecule has 162 valence electrons. The number of methoxy groups -OCH3 is 2. The molecule has 0 amide bonds. The van der Waals surface area contributed by atoms with Crippen molar-refractivity contribution in [2.24, 2.45) is 0 Å². The van der Waals surface area contributed by atoms with Crippen LogP contribution in [-0.4, -0.2) is 36.9 Å². The molecule has 0 spiro atoms. The van der Waals surface area contributed by atoms with Gasteiger partial charge in [-0.05, 0) is 36.2 Å². The standard InChI is InChI=1S/C23H23Cl2N3O3/c1-4-31-18-11-13-7-5-6-8-15(13)19(18)26-21-23(30-3)27-20(22(28-21)29-2)16-10-9-14(24)12-17(16)25/h5-10,12,18-19H,4,11H2,1-3H3,(H,26,28)/t18-,19+/m0/s1. The summed E-state index contributed by atoms with van der Waals surface area (Å²) in [5, 5.41) is 4.45. The Bertz CT molecular complexity index is 1090. The normalized spacial score (nSPS) is 17.3. The molecule has 1 heterocycles. The number of anilines is 1. The minimum atomic E-state index is -0.0889. The van der Waals surface area contributed by atoms with E-state index in [-0.39, 0.29) is 12.1 Å². The maximum atomic E-state index is 6.40. The van der Waals surface area contributed by atoms with Gasteiger partial charge in [0.05, 0.1) is 31.4 Å². The van der Waals surface area contributed by atoms with Crippen molar-refractivity contribution in [1.82, 2.24) is 9.97 Å². The van der Waals surface area contributed by atoms with Crippen LogP contribution in [0.3, 0.4) is 0 Å². The molecule has 2 aromatic carbocycles. The van der Waals surface area contributed by atoms with Gasteiger partial charge in [-0.15, -0.1) is 0 Å². The zero-order valence-electron chi connectivity index (χ0n) is 17.5. The predicted molar refractivity (Wildman–Crippen MR) is 123 cm³/mol. The largest absolute Gasteiger partial charge is 0.479 e. The van der Waals surface area contributed by atoms with Crippen LogP contribution in [0.25, 0.3) is 11.3 Å². The van der Waals surface area contributed by atoms with Gasteiger partial charge < -0.3 is 19.5 Å². The van der Waals surface area contributed by atoms with Crippen molar-refractivity contribution < 1.29 is 14.2 Å². The second-order valence-electron chi connectivity index (χ2n) is 7.08. The van der Waals surface area contributed by atoms with E-state index in [4.69, 9.17) is 37.4 Å². The average molecular weight is 460 g/mol. The summed E-state index contributed by atoms with van der Waals surface area (Å²) in [6.07, 6.45) is 0.804. The van der Waals surface area contributed by atoms with Crippen molar-refractivity contribution in [2.45, 2.75) is 25.5 Å². The van der Waals surface area contributed by atoms with E-state index in [2.05, 4.69) is 27.4 Å². The van der Waals surface area contributed by atoms with Crippen LogP contribution in [0.4, 0.5) is 5.82 Å². The molecule has 0 radical (unpaired) electrons. The molecule has 0 saturated heterocycles. The summed E-state index contributed by atoms with van der Waals surface area (Å²) in [5.74, 6) is 1.13. The van der Waals surface area contributed by atoms with Gasteiger partial charge >= 0.3 is 0 Å². The van der Waals surface area contributed by atoms with Crippen LogP contribution >= 0.6 is 23.2 Å². The quantitative estimate of drug-likeness (QED) is 0.497. The van der Waals surface area contributed by atoms with Crippen LogP contribution in [-0.2, 0) is 11.2 Å². The summed E-state index contributed by atoms with van der Waals surface area (Å²) < 4.78 is 17.1. The number of halogens is 2. The van der Waals surface area contributed by atoms with Crippen LogP contribution in [0.5, 0.6) is 11.8 Å². The van der Waals surface area contributed by atoms with E-state index in [9.17, 15) is 0 Å².